The Balaban J connectivity index is 2.00. The van der Waals surface area contributed by atoms with E-state index in [2.05, 4.69) is 11.9 Å². The van der Waals surface area contributed by atoms with Crippen LogP contribution >= 0.6 is 23.1 Å². The van der Waals surface area contributed by atoms with Crippen LogP contribution in [0, 0.1) is 13.8 Å². The number of thioether (sulfide) groups is 1. The summed E-state index contributed by atoms with van der Waals surface area (Å²) in [5, 5.41) is 1.16. The molecule has 0 bridgehead atoms. The highest BCUT2D eigenvalue weighted by molar-refractivity contribution is 7.98. The molecule has 2 rings (SSSR count). The fourth-order valence-electron chi connectivity index (χ4n) is 1.53. The lowest BCUT2D eigenvalue weighted by Crippen LogP contribution is -1.90. The molecule has 0 saturated carbocycles. The number of carbonyl (C=O) groups excluding carboxylic acids is 1. The van der Waals surface area contributed by atoms with Gasteiger partial charge in [0.05, 0.1) is 11.4 Å². The average molecular weight is 277 g/mol. The molecule has 0 amide bonds. The third kappa shape index (κ3) is 3.21. The molecule has 0 fully saturated rings. The molecule has 4 heteroatoms. The standard InChI is InChI=1S/C14H15NOS2/c1-9-11(3)18-14(15-9)8-17-13-6-4-12(5-7-13)10(2)16/h4-7H,8H2,1-3H3. The molecule has 1 aromatic carbocycles. The second kappa shape index (κ2) is 5.67. The van der Waals surface area contributed by atoms with Crippen LogP contribution in [-0.4, -0.2) is 10.8 Å². The van der Waals surface area contributed by atoms with Gasteiger partial charge in [-0.05, 0) is 32.9 Å². The zero-order valence-corrected chi connectivity index (χ0v) is 12.3. The summed E-state index contributed by atoms with van der Waals surface area (Å²) in [6, 6.07) is 7.75. The molecular formula is C14H15NOS2. The van der Waals surface area contributed by atoms with Crippen molar-refractivity contribution in [2.24, 2.45) is 0 Å². The number of ketones is 1. The van der Waals surface area contributed by atoms with E-state index in [0.29, 0.717) is 0 Å². The van der Waals surface area contributed by atoms with E-state index >= 15 is 0 Å². The minimum atomic E-state index is 0.109. The van der Waals surface area contributed by atoms with Gasteiger partial charge in [-0.2, -0.15) is 0 Å². The van der Waals surface area contributed by atoms with E-state index in [1.54, 1.807) is 30.0 Å². The topological polar surface area (TPSA) is 30.0 Å². The molecule has 18 heavy (non-hydrogen) atoms. The first kappa shape index (κ1) is 13.3. The quantitative estimate of drug-likeness (QED) is 0.618. The molecule has 0 unspecified atom stereocenters. The second-order valence-corrected chi connectivity index (χ2v) is 6.45. The van der Waals surface area contributed by atoms with Crippen molar-refractivity contribution in [3.63, 3.8) is 0 Å². The van der Waals surface area contributed by atoms with E-state index in [1.807, 2.05) is 31.2 Å². The highest BCUT2D eigenvalue weighted by Crippen LogP contribution is 2.26. The van der Waals surface area contributed by atoms with Gasteiger partial charge < -0.3 is 0 Å². The number of hydrogen-bond donors (Lipinski definition) is 0. The predicted octanol–water partition coefficient (Wildman–Crippen LogP) is 4.25. The van der Waals surface area contributed by atoms with Gasteiger partial charge in [0.2, 0.25) is 0 Å². The van der Waals surface area contributed by atoms with Crippen molar-refractivity contribution in [1.82, 2.24) is 4.98 Å². The SMILES string of the molecule is CC(=O)c1ccc(SCc2nc(C)c(C)s2)cc1. The molecule has 1 heterocycles. The maximum Gasteiger partial charge on any atom is 0.159 e. The van der Waals surface area contributed by atoms with E-state index in [1.165, 1.54) is 9.77 Å². The van der Waals surface area contributed by atoms with Gasteiger partial charge in [0.25, 0.3) is 0 Å². The van der Waals surface area contributed by atoms with Crippen molar-refractivity contribution in [3.8, 4) is 0 Å². The predicted molar refractivity (Wildman–Crippen MR) is 77.6 cm³/mol. The molecule has 0 aliphatic rings. The Bertz CT molecular complexity index is 538. The molecular weight excluding hydrogens is 262 g/mol. The Labute approximate surface area is 115 Å². The average Bonchev–Trinajstić information content (AvgIpc) is 2.67. The maximum absolute atomic E-state index is 11.2. The first-order chi connectivity index (χ1) is 8.56. The smallest absolute Gasteiger partial charge is 0.159 e. The van der Waals surface area contributed by atoms with E-state index in [-0.39, 0.29) is 5.78 Å². The van der Waals surface area contributed by atoms with Gasteiger partial charge in [-0.15, -0.1) is 23.1 Å². The molecule has 2 aromatic rings. The molecule has 0 N–H and O–H groups in total. The van der Waals surface area contributed by atoms with Gasteiger partial charge in [0.15, 0.2) is 5.78 Å². The zero-order valence-electron chi connectivity index (χ0n) is 10.7. The van der Waals surface area contributed by atoms with Crippen LogP contribution < -0.4 is 0 Å². The fourth-order valence-corrected chi connectivity index (χ4v) is 3.36. The molecule has 0 aliphatic heterocycles. The maximum atomic E-state index is 11.2. The minimum Gasteiger partial charge on any atom is -0.295 e. The van der Waals surface area contributed by atoms with Crippen molar-refractivity contribution < 1.29 is 4.79 Å². The van der Waals surface area contributed by atoms with Gasteiger partial charge in [-0.25, -0.2) is 4.98 Å². The van der Waals surface area contributed by atoms with Crippen molar-refractivity contribution in [2.75, 3.05) is 0 Å². The van der Waals surface area contributed by atoms with Crippen molar-refractivity contribution in [2.45, 2.75) is 31.4 Å². The molecule has 1 aromatic heterocycles. The lowest BCUT2D eigenvalue weighted by molar-refractivity contribution is 0.101. The van der Waals surface area contributed by atoms with E-state index in [9.17, 15) is 4.79 Å². The van der Waals surface area contributed by atoms with Crippen LogP contribution in [0.2, 0.25) is 0 Å². The number of aromatic nitrogens is 1. The largest absolute Gasteiger partial charge is 0.295 e. The van der Waals surface area contributed by atoms with Gasteiger partial charge >= 0.3 is 0 Å². The Morgan fingerprint density at radius 3 is 2.44 bits per heavy atom. The number of hydrogen-bond acceptors (Lipinski definition) is 4. The van der Waals surface area contributed by atoms with Crippen LogP contribution in [0.5, 0.6) is 0 Å². The zero-order chi connectivity index (χ0) is 13.1. The summed E-state index contributed by atoms with van der Waals surface area (Å²) in [4.78, 5) is 18.1. The molecule has 0 aliphatic carbocycles. The summed E-state index contributed by atoms with van der Waals surface area (Å²) in [5.74, 6) is 0.997. The van der Waals surface area contributed by atoms with Crippen molar-refractivity contribution in [1.29, 1.82) is 0 Å². The van der Waals surface area contributed by atoms with Gasteiger partial charge in [-0.1, -0.05) is 12.1 Å². The first-order valence-corrected chi connectivity index (χ1v) is 7.53. The molecule has 94 valence electrons. The molecule has 0 radical (unpaired) electrons. The Morgan fingerprint density at radius 2 is 1.94 bits per heavy atom. The van der Waals surface area contributed by atoms with Gasteiger partial charge in [0.1, 0.15) is 5.01 Å². The molecule has 2 nitrogen and oxygen atoms in total. The summed E-state index contributed by atoms with van der Waals surface area (Å²) in [7, 11) is 0. The summed E-state index contributed by atoms with van der Waals surface area (Å²) in [6.07, 6.45) is 0. The third-order valence-electron chi connectivity index (χ3n) is 2.70. The number of benzene rings is 1. The van der Waals surface area contributed by atoms with E-state index in [4.69, 9.17) is 0 Å². The number of thiazole rings is 1. The van der Waals surface area contributed by atoms with E-state index < -0.39 is 0 Å². The highest BCUT2D eigenvalue weighted by atomic mass is 32.2. The number of rotatable bonds is 4. The molecule has 0 atom stereocenters. The van der Waals surface area contributed by atoms with Crippen molar-refractivity contribution >= 4 is 28.9 Å². The number of aryl methyl sites for hydroxylation is 2. The van der Waals surface area contributed by atoms with Crippen LogP contribution in [0.1, 0.15) is 32.9 Å². The van der Waals surface area contributed by atoms with Gasteiger partial charge in [-0.3, -0.25) is 4.79 Å². The summed E-state index contributed by atoms with van der Waals surface area (Å²) in [6.45, 7) is 5.73. The first-order valence-electron chi connectivity index (χ1n) is 5.73. The molecule has 0 saturated heterocycles. The second-order valence-electron chi connectivity index (χ2n) is 4.12. The summed E-state index contributed by atoms with van der Waals surface area (Å²) in [5.41, 5.74) is 1.89. The van der Waals surface area contributed by atoms with Crippen LogP contribution in [0.3, 0.4) is 0 Å². The van der Waals surface area contributed by atoms with Crippen LogP contribution in [0.25, 0.3) is 0 Å². The summed E-state index contributed by atoms with van der Waals surface area (Å²) >= 11 is 3.51. The third-order valence-corrected chi connectivity index (χ3v) is 4.97. The van der Waals surface area contributed by atoms with Crippen LogP contribution in [0.4, 0.5) is 0 Å². The van der Waals surface area contributed by atoms with Crippen molar-refractivity contribution in [3.05, 3.63) is 45.4 Å². The number of Topliss-reactive ketones (excluding diaryl/α,β-unsaturated/α-hetero) is 1. The lowest BCUT2D eigenvalue weighted by atomic mass is 10.2. The Hall–Kier alpha value is -1.13. The van der Waals surface area contributed by atoms with Gasteiger partial charge in [0, 0.05) is 15.3 Å². The lowest BCUT2D eigenvalue weighted by Gasteiger charge is -2.00. The Morgan fingerprint density at radius 1 is 1.28 bits per heavy atom. The normalized spacial score (nSPS) is 10.6. The highest BCUT2D eigenvalue weighted by Gasteiger charge is 2.05. The minimum absolute atomic E-state index is 0.109. The number of nitrogens with zero attached hydrogens (tertiary/aromatic N) is 1. The fraction of sp³-hybridized carbons (Fsp3) is 0.286. The van der Waals surface area contributed by atoms with Crippen LogP contribution in [-0.2, 0) is 5.75 Å². The number of carbonyl (C=O) groups is 1. The molecule has 0 spiro atoms. The van der Waals surface area contributed by atoms with Crippen LogP contribution in [0.15, 0.2) is 29.2 Å². The monoisotopic (exact) mass is 277 g/mol. The van der Waals surface area contributed by atoms with E-state index in [0.717, 1.165) is 22.0 Å². The Kier molecular flexibility index (Phi) is 4.19. The summed E-state index contributed by atoms with van der Waals surface area (Å²) < 4.78 is 0.